The van der Waals surface area contributed by atoms with E-state index in [9.17, 15) is 0 Å². The molecule has 11 heavy (non-hydrogen) atoms. The quantitative estimate of drug-likeness (QED) is 0.445. The molecule has 0 aliphatic carbocycles. The summed E-state index contributed by atoms with van der Waals surface area (Å²) in [7, 11) is 0. The Hall–Kier alpha value is 0.250. The van der Waals surface area contributed by atoms with E-state index in [1.165, 1.54) is 12.8 Å². The third kappa shape index (κ3) is 4.65. The van der Waals surface area contributed by atoms with E-state index in [-0.39, 0.29) is 5.50 Å². The zero-order valence-electron chi connectivity index (χ0n) is 7.94. The third-order valence-corrected chi connectivity index (χ3v) is 2.34. The van der Waals surface area contributed by atoms with Gasteiger partial charge in [-0.3, -0.25) is 4.90 Å². The molecule has 1 atom stereocenters. The fourth-order valence-electron chi connectivity index (χ4n) is 1.22. The number of nitrogens with zero attached hydrogens (tertiary/aromatic N) is 1. The first-order valence-electron chi connectivity index (χ1n) is 4.64. The van der Waals surface area contributed by atoms with Crippen LogP contribution in [0.3, 0.4) is 0 Å². The van der Waals surface area contributed by atoms with Crippen molar-refractivity contribution in [1.82, 2.24) is 4.90 Å². The predicted octanol–water partition coefficient (Wildman–Crippen LogP) is 3.08. The Labute approximate surface area is 75.7 Å². The molecule has 0 bridgehead atoms. The maximum absolute atomic E-state index is 6.11. The fraction of sp³-hybridized carbons (Fsp3) is 1.00. The van der Waals surface area contributed by atoms with E-state index in [1.807, 2.05) is 0 Å². The van der Waals surface area contributed by atoms with Crippen molar-refractivity contribution in [3.8, 4) is 0 Å². The van der Waals surface area contributed by atoms with Gasteiger partial charge in [-0.15, -0.1) is 11.6 Å². The molecule has 0 saturated heterocycles. The first-order valence-corrected chi connectivity index (χ1v) is 5.07. The largest absolute Gasteiger partial charge is 0.287 e. The third-order valence-electron chi connectivity index (χ3n) is 1.75. The lowest BCUT2D eigenvalue weighted by molar-refractivity contribution is 0.247. The normalized spacial score (nSPS) is 13.9. The highest BCUT2D eigenvalue weighted by Crippen LogP contribution is 2.09. The molecule has 0 aromatic carbocycles. The van der Waals surface area contributed by atoms with Crippen molar-refractivity contribution in [1.29, 1.82) is 0 Å². The first-order chi connectivity index (χ1) is 5.26. The molecule has 0 aliphatic heterocycles. The highest BCUT2D eigenvalue weighted by molar-refractivity contribution is 6.20. The molecule has 0 N–H and O–H groups in total. The van der Waals surface area contributed by atoms with Gasteiger partial charge in [0.05, 0.1) is 5.50 Å². The lowest BCUT2D eigenvalue weighted by atomic mass is 10.3. The van der Waals surface area contributed by atoms with Gasteiger partial charge in [0.15, 0.2) is 0 Å². The molecule has 1 unspecified atom stereocenters. The minimum atomic E-state index is 0.245. The van der Waals surface area contributed by atoms with Gasteiger partial charge in [0.25, 0.3) is 0 Å². The van der Waals surface area contributed by atoms with Crippen LogP contribution in [0.15, 0.2) is 0 Å². The summed E-state index contributed by atoms with van der Waals surface area (Å²) in [5.41, 5.74) is 0.245. The van der Waals surface area contributed by atoms with Gasteiger partial charge >= 0.3 is 0 Å². The topological polar surface area (TPSA) is 3.24 Å². The molecule has 68 valence electrons. The van der Waals surface area contributed by atoms with Crippen LogP contribution in [-0.2, 0) is 0 Å². The summed E-state index contributed by atoms with van der Waals surface area (Å²) in [5, 5.41) is 0. The Morgan fingerprint density at radius 2 is 1.55 bits per heavy atom. The van der Waals surface area contributed by atoms with E-state index >= 15 is 0 Å². The van der Waals surface area contributed by atoms with E-state index in [0.29, 0.717) is 0 Å². The molecular formula is C9H20ClN. The molecule has 0 amide bonds. The van der Waals surface area contributed by atoms with Crippen LogP contribution in [0, 0.1) is 0 Å². The van der Waals surface area contributed by atoms with Crippen molar-refractivity contribution in [2.75, 3.05) is 13.1 Å². The second-order valence-corrected chi connectivity index (χ2v) is 3.38. The average Bonchev–Trinajstić information content (AvgIpc) is 2.03. The highest BCUT2D eigenvalue weighted by atomic mass is 35.5. The van der Waals surface area contributed by atoms with Gasteiger partial charge in [-0.25, -0.2) is 0 Å². The molecule has 0 aromatic rings. The Morgan fingerprint density at radius 3 is 1.82 bits per heavy atom. The van der Waals surface area contributed by atoms with Crippen molar-refractivity contribution in [3.63, 3.8) is 0 Å². The van der Waals surface area contributed by atoms with E-state index < -0.39 is 0 Å². The highest BCUT2D eigenvalue weighted by Gasteiger charge is 2.10. The number of hydrogen-bond acceptors (Lipinski definition) is 1. The van der Waals surface area contributed by atoms with E-state index in [1.54, 1.807) is 0 Å². The molecule has 0 rings (SSSR count). The summed E-state index contributed by atoms with van der Waals surface area (Å²) in [4.78, 5) is 2.35. The second kappa shape index (κ2) is 6.93. The van der Waals surface area contributed by atoms with Gasteiger partial charge < -0.3 is 0 Å². The average molecular weight is 178 g/mol. The van der Waals surface area contributed by atoms with Crippen molar-refractivity contribution >= 4 is 11.6 Å². The van der Waals surface area contributed by atoms with E-state index in [4.69, 9.17) is 11.6 Å². The van der Waals surface area contributed by atoms with Gasteiger partial charge in [0.2, 0.25) is 0 Å². The van der Waals surface area contributed by atoms with Gasteiger partial charge in [0.1, 0.15) is 0 Å². The Morgan fingerprint density at radius 1 is 1.09 bits per heavy atom. The molecule has 0 fully saturated rings. The zero-order valence-corrected chi connectivity index (χ0v) is 8.69. The minimum absolute atomic E-state index is 0.245. The first kappa shape index (κ1) is 11.2. The number of hydrogen-bond donors (Lipinski definition) is 0. The summed E-state index contributed by atoms with van der Waals surface area (Å²) in [6, 6.07) is 0. The van der Waals surface area contributed by atoms with Crippen LogP contribution in [0.5, 0.6) is 0 Å². The lowest BCUT2D eigenvalue weighted by Gasteiger charge is -2.25. The summed E-state index contributed by atoms with van der Waals surface area (Å²) >= 11 is 6.11. The maximum Gasteiger partial charge on any atom is 0.0847 e. The number of rotatable bonds is 6. The van der Waals surface area contributed by atoms with E-state index in [2.05, 4.69) is 25.7 Å². The van der Waals surface area contributed by atoms with Crippen LogP contribution in [0.1, 0.15) is 40.0 Å². The van der Waals surface area contributed by atoms with Gasteiger partial charge in [-0.1, -0.05) is 20.8 Å². The standard InChI is InChI=1S/C9H20ClN/c1-4-7-11(8-5-2)9(10)6-3/h9H,4-8H2,1-3H3. The van der Waals surface area contributed by atoms with Gasteiger partial charge in [0, 0.05) is 0 Å². The van der Waals surface area contributed by atoms with Crippen LogP contribution < -0.4 is 0 Å². The smallest absolute Gasteiger partial charge is 0.0847 e. The second-order valence-electron chi connectivity index (χ2n) is 2.88. The van der Waals surface area contributed by atoms with Crippen LogP contribution >= 0.6 is 11.6 Å². The summed E-state index contributed by atoms with van der Waals surface area (Å²) in [6.07, 6.45) is 3.44. The van der Waals surface area contributed by atoms with Crippen molar-refractivity contribution in [2.45, 2.75) is 45.5 Å². The fourth-order valence-corrected chi connectivity index (χ4v) is 1.42. The molecular weight excluding hydrogens is 158 g/mol. The zero-order chi connectivity index (χ0) is 8.69. The molecule has 0 heterocycles. The van der Waals surface area contributed by atoms with Crippen molar-refractivity contribution in [3.05, 3.63) is 0 Å². The predicted molar refractivity (Wildman–Crippen MR) is 52.1 cm³/mol. The molecule has 1 nitrogen and oxygen atoms in total. The van der Waals surface area contributed by atoms with Gasteiger partial charge in [-0.05, 0) is 32.4 Å². The Bertz CT molecular complexity index is 79.6. The van der Waals surface area contributed by atoms with E-state index in [0.717, 1.165) is 19.5 Å². The SMILES string of the molecule is CCCN(CCC)C(Cl)CC. The molecule has 0 aromatic heterocycles. The molecule has 2 heteroatoms. The van der Waals surface area contributed by atoms with Crippen LogP contribution in [0.2, 0.25) is 0 Å². The molecule has 0 aliphatic rings. The minimum Gasteiger partial charge on any atom is -0.287 e. The monoisotopic (exact) mass is 177 g/mol. The Kier molecular flexibility index (Phi) is 7.09. The number of alkyl halides is 1. The van der Waals surface area contributed by atoms with Crippen LogP contribution in [0.25, 0.3) is 0 Å². The Balaban J connectivity index is 3.66. The lowest BCUT2D eigenvalue weighted by Crippen LogP contribution is -2.32. The van der Waals surface area contributed by atoms with Crippen LogP contribution in [-0.4, -0.2) is 23.5 Å². The molecule has 0 spiro atoms. The van der Waals surface area contributed by atoms with Crippen LogP contribution in [0.4, 0.5) is 0 Å². The summed E-state index contributed by atoms with van der Waals surface area (Å²) in [6.45, 7) is 8.80. The molecule has 0 radical (unpaired) electrons. The van der Waals surface area contributed by atoms with Gasteiger partial charge in [-0.2, -0.15) is 0 Å². The summed E-state index contributed by atoms with van der Waals surface area (Å²) in [5.74, 6) is 0. The number of halogens is 1. The van der Waals surface area contributed by atoms with Crippen molar-refractivity contribution < 1.29 is 0 Å². The van der Waals surface area contributed by atoms with Crippen molar-refractivity contribution in [2.24, 2.45) is 0 Å². The maximum atomic E-state index is 6.11. The summed E-state index contributed by atoms with van der Waals surface area (Å²) < 4.78 is 0. The molecule has 0 saturated carbocycles.